The lowest BCUT2D eigenvalue weighted by Gasteiger charge is -2.20. The van der Waals surface area contributed by atoms with Crippen LogP contribution >= 0.6 is 0 Å². The Bertz CT molecular complexity index is 399. The van der Waals surface area contributed by atoms with Crippen molar-refractivity contribution in [3.05, 3.63) is 66.0 Å². The van der Waals surface area contributed by atoms with Crippen LogP contribution in [-0.4, -0.2) is 11.1 Å². The quantitative estimate of drug-likeness (QED) is 0.796. The molecule has 0 N–H and O–H groups in total. The summed E-state index contributed by atoms with van der Waals surface area (Å²) in [7, 11) is 0. The van der Waals surface area contributed by atoms with Gasteiger partial charge < -0.3 is 4.74 Å². The molecule has 0 saturated heterocycles. The first-order valence-electron chi connectivity index (χ1n) is 5.88. The molecule has 2 heteroatoms. The summed E-state index contributed by atoms with van der Waals surface area (Å²) in [6.07, 6.45) is 1.88. The Morgan fingerprint density at radius 1 is 0.941 bits per heavy atom. The SMILES string of the molecule is CC(C)OC(c1ccccc1)c1ccccn1. The van der Waals surface area contributed by atoms with Crippen molar-refractivity contribution in [2.45, 2.75) is 26.1 Å². The van der Waals surface area contributed by atoms with Crippen molar-refractivity contribution < 1.29 is 4.74 Å². The van der Waals surface area contributed by atoms with Gasteiger partial charge in [-0.3, -0.25) is 4.98 Å². The Morgan fingerprint density at radius 3 is 2.24 bits per heavy atom. The van der Waals surface area contributed by atoms with Crippen LogP contribution in [0.3, 0.4) is 0 Å². The summed E-state index contributed by atoms with van der Waals surface area (Å²) in [6.45, 7) is 4.08. The Hall–Kier alpha value is -1.67. The Morgan fingerprint density at radius 2 is 1.65 bits per heavy atom. The van der Waals surface area contributed by atoms with Crippen LogP contribution in [0.4, 0.5) is 0 Å². The van der Waals surface area contributed by atoms with Crippen LogP contribution in [-0.2, 0) is 4.74 Å². The van der Waals surface area contributed by atoms with Crippen molar-refractivity contribution in [3.8, 4) is 0 Å². The summed E-state index contributed by atoms with van der Waals surface area (Å²) < 4.78 is 5.96. The largest absolute Gasteiger partial charge is 0.365 e. The van der Waals surface area contributed by atoms with E-state index in [0.717, 1.165) is 11.3 Å². The maximum absolute atomic E-state index is 5.96. The predicted molar refractivity (Wildman–Crippen MR) is 68.7 cm³/mol. The second kappa shape index (κ2) is 5.60. The van der Waals surface area contributed by atoms with Crippen LogP contribution in [0, 0.1) is 0 Å². The van der Waals surface area contributed by atoms with E-state index in [1.54, 1.807) is 6.20 Å². The number of benzene rings is 1. The van der Waals surface area contributed by atoms with Gasteiger partial charge in [0.1, 0.15) is 6.10 Å². The van der Waals surface area contributed by atoms with E-state index in [-0.39, 0.29) is 12.2 Å². The molecule has 0 spiro atoms. The average molecular weight is 227 g/mol. The van der Waals surface area contributed by atoms with E-state index in [1.165, 1.54) is 0 Å². The Kier molecular flexibility index (Phi) is 3.89. The minimum atomic E-state index is -0.0857. The first-order valence-corrected chi connectivity index (χ1v) is 5.88. The van der Waals surface area contributed by atoms with Crippen LogP contribution in [0.5, 0.6) is 0 Å². The van der Waals surface area contributed by atoms with Crippen LogP contribution in [0.15, 0.2) is 54.7 Å². The number of aromatic nitrogens is 1. The summed E-state index contributed by atoms with van der Waals surface area (Å²) in [5, 5.41) is 0. The molecule has 2 aromatic rings. The van der Waals surface area contributed by atoms with E-state index < -0.39 is 0 Å². The molecule has 0 bridgehead atoms. The summed E-state index contributed by atoms with van der Waals surface area (Å²) in [5.74, 6) is 0. The van der Waals surface area contributed by atoms with E-state index in [4.69, 9.17) is 4.74 Å². The zero-order chi connectivity index (χ0) is 12.1. The van der Waals surface area contributed by atoms with Crippen molar-refractivity contribution in [3.63, 3.8) is 0 Å². The molecule has 0 saturated carbocycles. The third-order valence-corrected chi connectivity index (χ3v) is 2.47. The summed E-state index contributed by atoms with van der Waals surface area (Å²) in [4.78, 5) is 4.38. The molecule has 1 heterocycles. The predicted octanol–water partition coefficient (Wildman–Crippen LogP) is 3.60. The first kappa shape index (κ1) is 11.8. The van der Waals surface area contributed by atoms with E-state index in [9.17, 15) is 0 Å². The third kappa shape index (κ3) is 3.14. The van der Waals surface area contributed by atoms with E-state index in [1.807, 2.05) is 50.2 Å². The van der Waals surface area contributed by atoms with Gasteiger partial charge in [0.05, 0.1) is 11.8 Å². The molecule has 0 amide bonds. The zero-order valence-electron chi connectivity index (χ0n) is 10.2. The molecule has 88 valence electrons. The number of nitrogens with zero attached hydrogens (tertiary/aromatic N) is 1. The summed E-state index contributed by atoms with van der Waals surface area (Å²) in [5.41, 5.74) is 2.09. The molecule has 0 aliphatic carbocycles. The molecule has 2 rings (SSSR count). The molecule has 1 atom stereocenters. The maximum atomic E-state index is 5.96. The van der Waals surface area contributed by atoms with E-state index >= 15 is 0 Å². The van der Waals surface area contributed by atoms with Crippen molar-refractivity contribution in [1.29, 1.82) is 0 Å². The summed E-state index contributed by atoms with van der Waals surface area (Å²) >= 11 is 0. The lowest BCUT2D eigenvalue weighted by molar-refractivity contribution is 0.0281. The fraction of sp³-hybridized carbons (Fsp3) is 0.267. The second-order valence-corrected chi connectivity index (χ2v) is 4.23. The molecule has 0 fully saturated rings. The van der Waals surface area contributed by atoms with Gasteiger partial charge in [-0.05, 0) is 31.5 Å². The Balaban J connectivity index is 2.32. The normalized spacial score (nSPS) is 12.6. The monoisotopic (exact) mass is 227 g/mol. The lowest BCUT2D eigenvalue weighted by Crippen LogP contribution is -2.13. The minimum absolute atomic E-state index is 0.0857. The first-order chi connectivity index (χ1) is 8.27. The summed E-state index contributed by atoms with van der Waals surface area (Å²) in [6, 6.07) is 16.1. The van der Waals surface area contributed by atoms with Crippen molar-refractivity contribution >= 4 is 0 Å². The van der Waals surface area contributed by atoms with Crippen LogP contribution in [0.25, 0.3) is 0 Å². The van der Waals surface area contributed by atoms with E-state index in [0.29, 0.717) is 0 Å². The molecule has 0 aliphatic rings. The van der Waals surface area contributed by atoms with Gasteiger partial charge in [-0.15, -0.1) is 0 Å². The molecule has 0 radical (unpaired) electrons. The number of rotatable bonds is 4. The second-order valence-electron chi connectivity index (χ2n) is 4.23. The lowest BCUT2D eigenvalue weighted by atomic mass is 10.1. The highest BCUT2D eigenvalue weighted by molar-refractivity contribution is 5.25. The van der Waals surface area contributed by atoms with E-state index in [2.05, 4.69) is 17.1 Å². The van der Waals surface area contributed by atoms with Crippen LogP contribution < -0.4 is 0 Å². The van der Waals surface area contributed by atoms with Gasteiger partial charge in [0, 0.05) is 6.20 Å². The molecule has 2 nitrogen and oxygen atoms in total. The van der Waals surface area contributed by atoms with Gasteiger partial charge in [-0.25, -0.2) is 0 Å². The van der Waals surface area contributed by atoms with Gasteiger partial charge >= 0.3 is 0 Å². The third-order valence-electron chi connectivity index (χ3n) is 2.47. The topological polar surface area (TPSA) is 22.1 Å². The van der Waals surface area contributed by atoms with Crippen molar-refractivity contribution in [2.75, 3.05) is 0 Å². The van der Waals surface area contributed by atoms with Crippen molar-refractivity contribution in [1.82, 2.24) is 4.98 Å². The van der Waals surface area contributed by atoms with Gasteiger partial charge in [0.15, 0.2) is 0 Å². The number of pyridine rings is 1. The number of hydrogen-bond donors (Lipinski definition) is 0. The highest BCUT2D eigenvalue weighted by atomic mass is 16.5. The molecule has 17 heavy (non-hydrogen) atoms. The average Bonchev–Trinajstić information content (AvgIpc) is 2.38. The fourth-order valence-corrected chi connectivity index (χ4v) is 1.75. The Labute approximate surface area is 102 Å². The van der Waals surface area contributed by atoms with Gasteiger partial charge in [0.25, 0.3) is 0 Å². The van der Waals surface area contributed by atoms with Crippen LogP contribution in [0.1, 0.15) is 31.2 Å². The molecule has 1 aromatic carbocycles. The highest BCUT2D eigenvalue weighted by Gasteiger charge is 2.16. The molecule has 0 aliphatic heterocycles. The zero-order valence-corrected chi connectivity index (χ0v) is 10.2. The van der Waals surface area contributed by atoms with Gasteiger partial charge in [0.2, 0.25) is 0 Å². The fourth-order valence-electron chi connectivity index (χ4n) is 1.75. The number of ether oxygens (including phenoxy) is 1. The molecular weight excluding hydrogens is 210 g/mol. The highest BCUT2D eigenvalue weighted by Crippen LogP contribution is 2.25. The van der Waals surface area contributed by atoms with Crippen LogP contribution in [0.2, 0.25) is 0 Å². The maximum Gasteiger partial charge on any atom is 0.125 e. The molecule has 1 unspecified atom stereocenters. The standard InChI is InChI=1S/C15H17NO/c1-12(2)17-15(13-8-4-3-5-9-13)14-10-6-7-11-16-14/h3-12,15H,1-2H3. The smallest absolute Gasteiger partial charge is 0.125 e. The van der Waals surface area contributed by atoms with Crippen molar-refractivity contribution in [2.24, 2.45) is 0 Å². The minimum Gasteiger partial charge on any atom is -0.365 e. The molecular formula is C15H17NO. The van der Waals surface area contributed by atoms with Gasteiger partial charge in [-0.1, -0.05) is 36.4 Å². The number of hydrogen-bond acceptors (Lipinski definition) is 2. The van der Waals surface area contributed by atoms with Gasteiger partial charge in [-0.2, -0.15) is 0 Å². The molecule has 1 aromatic heterocycles.